The molecule has 9 nitrogen and oxygen atoms in total. The molecule has 150 valence electrons. The third-order valence-electron chi connectivity index (χ3n) is 3.64. The van der Waals surface area contributed by atoms with Crippen molar-refractivity contribution in [1.29, 1.82) is 0 Å². The summed E-state index contributed by atoms with van der Waals surface area (Å²) in [7, 11) is -2.49. The Bertz CT molecular complexity index is 1010. The molecular weight excluding hydrogens is 410 g/mol. The summed E-state index contributed by atoms with van der Waals surface area (Å²) in [5.74, 6) is -1.30. The van der Waals surface area contributed by atoms with Gasteiger partial charge in [-0.1, -0.05) is 11.6 Å². The minimum absolute atomic E-state index is 0.0128. The van der Waals surface area contributed by atoms with Gasteiger partial charge in [-0.15, -0.1) is 0 Å². The lowest BCUT2D eigenvalue weighted by Crippen LogP contribution is -2.30. The van der Waals surface area contributed by atoms with E-state index in [9.17, 15) is 18.0 Å². The normalized spacial score (nSPS) is 12.1. The molecule has 11 heteroatoms. The molecule has 1 atom stereocenters. The third kappa shape index (κ3) is 5.12. The maximum absolute atomic E-state index is 12.3. The van der Waals surface area contributed by atoms with Gasteiger partial charge in [0.1, 0.15) is 11.3 Å². The number of methoxy groups -OCH3 is 1. The fraction of sp³-hybridized carbons (Fsp3) is 0.176. The van der Waals surface area contributed by atoms with Gasteiger partial charge in [0.2, 0.25) is 10.0 Å². The zero-order valence-electron chi connectivity index (χ0n) is 14.9. The van der Waals surface area contributed by atoms with Crippen molar-refractivity contribution in [3.05, 3.63) is 47.0 Å². The van der Waals surface area contributed by atoms with Crippen molar-refractivity contribution in [2.24, 2.45) is 5.14 Å². The van der Waals surface area contributed by atoms with Crippen LogP contribution < -0.4 is 20.9 Å². The molecule has 0 radical (unpaired) electrons. The van der Waals surface area contributed by atoms with E-state index >= 15 is 0 Å². The molecular formula is C17H18ClN3O6S. The Morgan fingerprint density at radius 2 is 1.79 bits per heavy atom. The molecule has 2 aromatic rings. The van der Waals surface area contributed by atoms with Gasteiger partial charge in [-0.25, -0.2) is 18.4 Å². The number of hydrogen-bond acceptors (Lipinski definition) is 7. The molecule has 0 spiro atoms. The summed E-state index contributed by atoms with van der Waals surface area (Å²) in [6.07, 6.45) is -1.16. The lowest BCUT2D eigenvalue weighted by Gasteiger charge is -2.15. The molecule has 5 N–H and O–H groups in total. The fourth-order valence-electron chi connectivity index (χ4n) is 2.15. The Morgan fingerprint density at radius 1 is 1.18 bits per heavy atom. The molecule has 1 unspecified atom stereocenters. The van der Waals surface area contributed by atoms with E-state index in [0.29, 0.717) is 5.69 Å². The second-order valence-corrected chi connectivity index (χ2v) is 7.65. The highest BCUT2D eigenvalue weighted by atomic mass is 35.5. The Balaban J connectivity index is 2.08. The molecule has 0 saturated carbocycles. The molecule has 0 fully saturated rings. The van der Waals surface area contributed by atoms with Gasteiger partial charge in [0.15, 0.2) is 6.10 Å². The topological polar surface area (TPSA) is 151 Å². The van der Waals surface area contributed by atoms with E-state index < -0.39 is 28.0 Å². The van der Waals surface area contributed by atoms with Crippen LogP contribution in [0, 0.1) is 0 Å². The Morgan fingerprint density at radius 3 is 2.32 bits per heavy atom. The van der Waals surface area contributed by atoms with Gasteiger partial charge in [-0.2, -0.15) is 0 Å². The number of primary sulfonamides is 1. The first-order valence-electron chi connectivity index (χ1n) is 7.80. The van der Waals surface area contributed by atoms with E-state index in [-0.39, 0.29) is 26.9 Å². The van der Waals surface area contributed by atoms with E-state index in [1.54, 1.807) is 0 Å². The predicted octanol–water partition coefficient (Wildman–Crippen LogP) is 1.76. The summed E-state index contributed by atoms with van der Waals surface area (Å²) in [5, 5.41) is 7.65. The number of sulfonamides is 1. The van der Waals surface area contributed by atoms with Crippen LogP contribution in [0.2, 0.25) is 5.02 Å². The van der Waals surface area contributed by atoms with Crippen LogP contribution in [-0.2, 0) is 19.6 Å². The average molecular weight is 428 g/mol. The Hall–Kier alpha value is -2.82. The van der Waals surface area contributed by atoms with Crippen molar-refractivity contribution in [2.45, 2.75) is 17.9 Å². The van der Waals surface area contributed by atoms with Crippen LogP contribution in [0.4, 0.5) is 11.4 Å². The number of nitrogens with one attached hydrogen (secondary N) is 1. The van der Waals surface area contributed by atoms with Gasteiger partial charge < -0.3 is 20.5 Å². The summed E-state index contributed by atoms with van der Waals surface area (Å²) >= 11 is 5.92. The number of halogens is 1. The van der Waals surface area contributed by atoms with Crippen LogP contribution in [0.3, 0.4) is 0 Å². The highest BCUT2D eigenvalue weighted by Gasteiger charge is 2.22. The van der Waals surface area contributed by atoms with Gasteiger partial charge in [-0.05, 0) is 37.3 Å². The molecule has 0 aliphatic heterocycles. The number of hydrogen-bond donors (Lipinski definition) is 3. The number of carbonyl (C=O) groups excluding carboxylic acids is 2. The van der Waals surface area contributed by atoms with Crippen molar-refractivity contribution in [2.75, 3.05) is 18.2 Å². The smallest absolute Gasteiger partial charge is 0.342 e. The molecule has 0 aliphatic rings. The zero-order chi connectivity index (χ0) is 21.1. The molecule has 0 aromatic heterocycles. The minimum Gasteiger partial charge on any atom is -0.496 e. The Labute approximate surface area is 166 Å². The second-order valence-electron chi connectivity index (χ2n) is 5.68. The van der Waals surface area contributed by atoms with E-state index in [1.165, 1.54) is 50.4 Å². The van der Waals surface area contributed by atoms with Crippen LogP contribution in [0.1, 0.15) is 17.3 Å². The Kier molecular flexibility index (Phi) is 6.49. The highest BCUT2D eigenvalue weighted by Crippen LogP contribution is 2.29. The van der Waals surface area contributed by atoms with E-state index in [4.69, 9.17) is 31.9 Å². The highest BCUT2D eigenvalue weighted by molar-refractivity contribution is 7.89. The monoisotopic (exact) mass is 427 g/mol. The van der Waals surface area contributed by atoms with Gasteiger partial charge >= 0.3 is 5.97 Å². The van der Waals surface area contributed by atoms with E-state index in [2.05, 4.69) is 5.32 Å². The SMILES string of the molecule is COc1cc(N)c(Cl)cc1C(=O)OC(C)C(=O)Nc1ccc(S(N)(=O)=O)cc1. The molecule has 1 amide bonds. The number of amides is 1. The molecule has 0 bridgehead atoms. The average Bonchev–Trinajstić information content (AvgIpc) is 2.63. The summed E-state index contributed by atoms with van der Waals surface area (Å²) in [5.41, 5.74) is 6.20. The summed E-state index contributed by atoms with van der Waals surface area (Å²) < 4.78 is 32.7. The molecule has 2 aromatic carbocycles. The quantitative estimate of drug-likeness (QED) is 0.469. The number of carbonyl (C=O) groups is 2. The summed E-state index contributed by atoms with van der Waals surface area (Å²) in [6, 6.07) is 7.85. The van der Waals surface area contributed by atoms with Gasteiger partial charge in [-0.3, -0.25) is 4.79 Å². The molecule has 2 rings (SSSR count). The van der Waals surface area contributed by atoms with Crippen molar-refractivity contribution in [3.63, 3.8) is 0 Å². The number of esters is 1. The maximum Gasteiger partial charge on any atom is 0.342 e. The van der Waals surface area contributed by atoms with Gasteiger partial charge in [0.25, 0.3) is 5.91 Å². The minimum atomic E-state index is -3.84. The van der Waals surface area contributed by atoms with Crippen molar-refractivity contribution >= 4 is 44.9 Å². The van der Waals surface area contributed by atoms with Crippen LogP contribution in [0.25, 0.3) is 0 Å². The number of benzene rings is 2. The fourth-order valence-corrected chi connectivity index (χ4v) is 2.83. The molecule has 0 heterocycles. The second kappa shape index (κ2) is 8.46. The lowest BCUT2D eigenvalue weighted by molar-refractivity contribution is -0.123. The number of rotatable bonds is 6. The van der Waals surface area contributed by atoms with Gasteiger partial charge in [0, 0.05) is 11.8 Å². The number of anilines is 2. The largest absolute Gasteiger partial charge is 0.496 e. The van der Waals surface area contributed by atoms with Crippen molar-refractivity contribution < 1.29 is 27.5 Å². The van der Waals surface area contributed by atoms with Crippen molar-refractivity contribution in [3.8, 4) is 5.75 Å². The van der Waals surface area contributed by atoms with Crippen LogP contribution in [-0.4, -0.2) is 33.5 Å². The zero-order valence-corrected chi connectivity index (χ0v) is 16.5. The first-order chi connectivity index (χ1) is 13.0. The third-order valence-corrected chi connectivity index (χ3v) is 4.90. The molecule has 0 saturated heterocycles. The van der Waals surface area contributed by atoms with E-state index in [1.807, 2.05) is 0 Å². The van der Waals surface area contributed by atoms with Crippen LogP contribution >= 0.6 is 11.6 Å². The first kappa shape index (κ1) is 21.5. The van der Waals surface area contributed by atoms with E-state index in [0.717, 1.165) is 0 Å². The number of nitrogen functional groups attached to an aromatic ring is 1. The summed E-state index contributed by atoms with van der Waals surface area (Å²) in [6.45, 7) is 1.37. The van der Waals surface area contributed by atoms with Crippen LogP contribution in [0.5, 0.6) is 5.75 Å². The molecule has 28 heavy (non-hydrogen) atoms. The predicted molar refractivity (Wildman–Crippen MR) is 104 cm³/mol. The summed E-state index contributed by atoms with van der Waals surface area (Å²) in [4.78, 5) is 24.5. The van der Waals surface area contributed by atoms with Gasteiger partial charge in [0.05, 0.1) is 22.7 Å². The maximum atomic E-state index is 12.3. The molecule has 0 aliphatic carbocycles. The van der Waals surface area contributed by atoms with Crippen LogP contribution in [0.15, 0.2) is 41.3 Å². The van der Waals surface area contributed by atoms with Crippen molar-refractivity contribution in [1.82, 2.24) is 0 Å². The lowest BCUT2D eigenvalue weighted by atomic mass is 10.2. The number of nitrogens with two attached hydrogens (primary N) is 2. The standard InChI is InChI=1S/C17H18ClN3O6S/c1-9(16(22)21-10-3-5-11(6-4-10)28(20,24)25)27-17(23)12-7-13(18)14(19)8-15(12)26-2/h3-9H,19H2,1-2H3,(H,21,22)(H2,20,24,25). The number of ether oxygens (including phenoxy) is 2. The first-order valence-corrected chi connectivity index (χ1v) is 9.73.